The van der Waals surface area contributed by atoms with Gasteiger partial charge in [-0.05, 0) is 41.5 Å². The highest BCUT2D eigenvalue weighted by Gasteiger charge is 2.19. The van der Waals surface area contributed by atoms with Crippen molar-refractivity contribution in [2.75, 3.05) is 5.32 Å². The van der Waals surface area contributed by atoms with Crippen LogP contribution in [0.1, 0.15) is 21.7 Å². The number of furan rings is 1. The van der Waals surface area contributed by atoms with E-state index >= 15 is 0 Å². The monoisotopic (exact) mass is 509 g/mol. The molecule has 0 saturated carbocycles. The first-order valence-electron chi connectivity index (χ1n) is 9.51. The van der Waals surface area contributed by atoms with Crippen LogP contribution in [0.5, 0.6) is 0 Å². The quantitative estimate of drug-likeness (QED) is 0.203. The summed E-state index contributed by atoms with van der Waals surface area (Å²) in [6.45, 7) is 1.88. The van der Waals surface area contributed by atoms with E-state index in [1.807, 2.05) is 37.3 Å². The van der Waals surface area contributed by atoms with Crippen LogP contribution in [0.2, 0.25) is 0 Å². The van der Waals surface area contributed by atoms with E-state index in [0.717, 1.165) is 25.5 Å². The van der Waals surface area contributed by atoms with E-state index in [9.17, 15) is 4.79 Å². The predicted molar refractivity (Wildman–Crippen MR) is 130 cm³/mol. The molecule has 1 amide bonds. The molecule has 3 aromatic carbocycles. The second-order valence-corrected chi connectivity index (χ2v) is 10.1. The number of fused-ring (bicyclic) bond motifs is 2. The number of hydrogen-bond acceptors (Lipinski definition) is 6. The lowest BCUT2D eigenvalue weighted by Gasteiger charge is -2.04. The Labute approximate surface area is 195 Å². The number of nitrogens with one attached hydrogen (secondary N) is 1. The molecule has 154 valence electrons. The summed E-state index contributed by atoms with van der Waals surface area (Å²) >= 11 is 6.39. The average molecular weight is 510 g/mol. The van der Waals surface area contributed by atoms with Gasteiger partial charge in [-0.15, -0.1) is 10.2 Å². The number of amides is 1. The van der Waals surface area contributed by atoms with E-state index < -0.39 is 0 Å². The van der Waals surface area contributed by atoms with Crippen LogP contribution in [0.4, 0.5) is 5.13 Å². The zero-order valence-electron chi connectivity index (χ0n) is 16.4. The summed E-state index contributed by atoms with van der Waals surface area (Å²) in [5.74, 6) is 0.737. The molecule has 0 aliphatic rings. The molecule has 2 heterocycles. The fraction of sp³-hybridized carbons (Fsp3) is 0.0870. The normalized spacial score (nSPS) is 11.3. The molecule has 5 aromatic rings. The Balaban J connectivity index is 1.30. The minimum absolute atomic E-state index is 0.285. The molecular weight excluding hydrogens is 494 g/mol. The highest BCUT2D eigenvalue weighted by atomic mass is 79.9. The van der Waals surface area contributed by atoms with Crippen LogP contribution in [-0.2, 0) is 5.75 Å². The third-order valence-corrected chi connectivity index (χ3v) is 7.48. The Hall–Kier alpha value is -2.68. The molecule has 0 spiro atoms. The topological polar surface area (TPSA) is 68.0 Å². The third kappa shape index (κ3) is 4.11. The molecule has 0 bridgehead atoms. The molecule has 0 aliphatic heterocycles. The van der Waals surface area contributed by atoms with Gasteiger partial charge < -0.3 is 4.42 Å². The number of benzene rings is 3. The van der Waals surface area contributed by atoms with Crippen molar-refractivity contribution in [1.29, 1.82) is 0 Å². The van der Waals surface area contributed by atoms with Crippen molar-refractivity contribution in [2.24, 2.45) is 0 Å². The van der Waals surface area contributed by atoms with Crippen molar-refractivity contribution in [3.63, 3.8) is 0 Å². The first kappa shape index (κ1) is 20.2. The van der Waals surface area contributed by atoms with Gasteiger partial charge >= 0.3 is 0 Å². The Morgan fingerprint density at radius 1 is 1.10 bits per heavy atom. The van der Waals surface area contributed by atoms with Crippen molar-refractivity contribution in [3.8, 4) is 0 Å². The zero-order valence-corrected chi connectivity index (χ0v) is 19.6. The summed E-state index contributed by atoms with van der Waals surface area (Å²) in [7, 11) is 0. The Bertz CT molecular complexity index is 1420. The van der Waals surface area contributed by atoms with Crippen LogP contribution in [0.25, 0.3) is 21.7 Å². The maximum absolute atomic E-state index is 12.7. The molecule has 5 nitrogen and oxygen atoms in total. The minimum atomic E-state index is -0.327. The largest absolute Gasteiger partial charge is 0.451 e. The van der Waals surface area contributed by atoms with Gasteiger partial charge in [-0.2, -0.15) is 0 Å². The maximum atomic E-state index is 12.7. The SMILES string of the molecule is Cc1c(C(=O)Nc2nnc(SCc3cccc4ccccc34)s2)oc2cc(Br)ccc12. The van der Waals surface area contributed by atoms with Gasteiger partial charge in [0.05, 0.1) is 0 Å². The molecule has 0 radical (unpaired) electrons. The van der Waals surface area contributed by atoms with Crippen LogP contribution in [0.15, 0.2) is 73.9 Å². The number of carbonyl (C=O) groups excluding carboxylic acids is 1. The fourth-order valence-electron chi connectivity index (χ4n) is 3.45. The van der Waals surface area contributed by atoms with Crippen LogP contribution in [0.3, 0.4) is 0 Å². The number of rotatable bonds is 5. The molecule has 0 atom stereocenters. The van der Waals surface area contributed by atoms with Crippen molar-refractivity contribution in [3.05, 3.63) is 82.0 Å². The van der Waals surface area contributed by atoms with Gasteiger partial charge in [-0.3, -0.25) is 10.1 Å². The standard InChI is InChI=1S/C23H16BrN3O2S2/c1-13-17-10-9-16(24)11-19(17)29-20(13)21(28)25-22-26-27-23(31-22)30-12-15-7-4-6-14-5-2-3-8-18(14)15/h2-11H,12H2,1H3,(H,25,26,28). The molecule has 5 rings (SSSR count). The molecule has 0 aliphatic carbocycles. The highest BCUT2D eigenvalue weighted by Crippen LogP contribution is 2.32. The Morgan fingerprint density at radius 3 is 2.84 bits per heavy atom. The van der Waals surface area contributed by atoms with Gasteiger partial charge in [0.1, 0.15) is 5.58 Å². The van der Waals surface area contributed by atoms with E-state index in [-0.39, 0.29) is 11.7 Å². The number of thioether (sulfide) groups is 1. The summed E-state index contributed by atoms with van der Waals surface area (Å²) in [5.41, 5.74) is 2.71. The number of aryl methyl sites for hydroxylation is 1. The van der Waals surface area contributed by atoms with E-state index in [1.165, 1.54) is 27.7 Å². The van der Waals surface area contributed by atoms with Crippen LogP contribution < -0.4 is 5.32 Å². The van der Waals surface area contributed by atoms with E-state index in [1.54, 1.807) is 11.8 Å². The second kappa shape index (κ2) is 8.45. The Morgan fingerprint density at radius 2 is 1.94 bits per heavy atom. The van der Waals surface area contributed by atoms with Crippen LogP contribution in [-0.4, -0.2) is 16.1 Å². The first-order valence-corrected chi connectivity index (χ1v) is 12.1. The zero-order chi connectivity index (χ0) is 21.4. The average Bonchev–Trinajstić information content (AvgIpc) is 3.36. The van der Waals surface area contributed by atoms with Gasteiger partial charge in [-0.1, -0.05) is 81.5 Å². The van der Waals surface area contributed by atoms with E-state index in [0.29, 0.717) is 10.7 Å². The third-order valence-electron chi connectivity index (χ3n) is 4.96. The smallest absolute Gasteiger partial charge is 0.293 e. The molecule has 31 heavy (non-hydrogen) atoms. The molecule has 1 N–H and O–H groups in total. The highest BCUT2D eigenvalue weighted by molar-refractivity contribution is 9.10. The molecule has 0 unspecified atom stereocenters. The van der Waals surface area contributed by atoms with Gasteiger partial charge in [0.2, 0.25) is 5.13 Å². The maximum Gasteiger partial charge on any atom is 0.293 e. The lowest BCUT2D eigenvalue weighted by Crippen LogP contribution is -2.11. The number of halogens is 1. The van der Waals surface area contributed by atoms with Crippen molar-refractivity contribution < 1.29 is 9.21 Å². The van der Waals surface area contributed by atoms with Gasteiger partial charge in [0, 0.05) is 21.2 Å². The molecular formula is C23H16BrN3O2S2. The molecule has 2 aromatic heterocycles. The Kier molecular flexibility index (Phi) is 5.52. The molecule has 8 heteroatoms. The van der Waals surface area contributed by atoms with Crippen molar-refractivity contribution in [1.82, 2.24) is 10.2 Å². The first-order chi connectivity index (χ1) is 15.1. The van der Waals surface area contributed by atoms with Crippen LogP contribution >= 0.6 is 39.0 Å². The fourth-order valence-corrected chi connectivity index (χ4v) is 5.54. The summed E-state index contributed by atoms with van der Waals surface area (Å²) in [6.07, 6.45) is 0. The number of anilines is 1. The number of nitrogens with zero attached hydrogens (tertiary/aromatic N) is 2. The van der Waals surface area contributed by atoms with Gasteiger partial charge in [0.25, 0.3) is 5.91 Å². The lowest BCUT2D eigenvalue weighted by atomic mass is 10.1. The molecule has 0 fully saturated rings. The van der Waals surface area contributed by atoms with E-state index in [4.69, 9.17) is 4.42 Å². The van der Waals surface area contributed by atoms with Crippen molar-refractivity contribution >= 4 is 71.8 Å². The molecule has 0 saturated heterocycles. The van der Waals surface area contributed by atoms with E-state index in [2.05, 4.69) is 61.8 Å². The van der Waals surface area contributed by atoms with Crippen LogP contribution in [0, 0.1) is 6.92 Å². The van der Waals surface area contributed by atoms with Gasteiger partial charge in [0.15, 0.2) is 10.1 Å². The minimum Gasteiger partial charge on any atom is -0.451 e. The summed E-state index contributed by atoms with van der Waals surface area (Å²) in [6, 6.07) is 20.4. The van der Waals surface area contributed by atoms with Crippen molar-refractivity contribution in [2.45, 2.75) is 17.0 Å². The number of aromatic nitrogens is 2. The lowest BCUT2D eigenvalue weighted by molar-refractivity contribution is 0.0998. The second-order valence-electron chi connectivity index (χ2n) is 6.95. The van der Waals surface area contributed by atoms with Gasteiger partial charge in [-0.25, -0.2) is 0 Å². The predicted octanol–water partition coefficient (Wildman–Crippen LogP) is 7.05. The summed E-state index contributed by atoms with van der Waals surface area (Å²) in [5, 5.41) is 15.0. The number of carbonyl (C=O) groups is 1. The summed E-state index contributed by atoms with van der Waals surface area (Å²) < 4.78 is 7.48. The summed E-state index contributed by atoms with van der Waals surface area (Å²) in [4.78, 5) is 12.7. The number of hydrogen-bond donors (Lipinski definition) is 1.